The van der Waals surface area contributed by atoms with Gasteiger partial charge in [0.2, 0.25) is 5.95 Å². The van der Waals surface area contributed by atoms with Crippen molar-refractivity contribution in [1.82, 2.24) is 25.1 Å². The number of nitrogens with zero attached hydrogens (tertiary/aromatic N) is 4. The molecule has 9 heteroatoms. The molecule has 1 aliphatic rings. The van der Waals surface area contributed by atoms with Crippen LogP contribution in [-0.2, 0) is 13.0 Å². The summed E-state index contributed by atoms with van der Waals surface area (Å²) in [7, 11) is 0. The first kappa shape index (κ1) is 22.3. The van der Waals surface area contributed by atoms with Crippen LogP contribution in [0.5, 0.6) is 0 Å². The minimum atomic E-state index is -0.436. The van der Waals surface area contributed by atoms with Crippen LogP contribution >= 0.6 is 11.6 Å². The molecule has 7 nitrogen and oxygen atoms in total. The van der Waals surface area contributed by atoms with Crippen LogP contribution in [0.4, 0.5) is 27.5 Å². The Hall–Kier alpha value is -3.49. The summed E-state index contributed by atoms with van der Waals surface area (Å²) in [6, 6.07) is 10.8. The van der Waals surface area contributed by atoms with Crippen molar-refractivity contribution in [2.75, 3.05) is 17.2 Å². The molecule has 0 fully saturated rings. The van der Waals surface area contributed by atoms with Crippen LogP contribution in [0.1, 0.15) is 31.0 Å². The van der Waals surface area contributed by atoms with Gasteiger partial charge in [-0.2, -0.15) is 10.1 Å². The summed E-state index contributed by atoms with van der Waals surface area (Å²) in [5.74, 6) is 0.504. The highest BCUT2D eigenvalue weighted by atomic mass is 35.5. The second kappa shape index (κ2) is 9.40. The zero-order chi connectivity index (χ0) is 23.7. The number of aromatic nitrogens is 4. The third-order valence-electron chi connectivity index (χ3n) is 5.70. The number of hydrogen-bond donors (Lipinski definition) is 3. The Morgan fingerprint density at radius 2 is 1.94 bits per heavy atom. The zero-order valence-electron chi connectivity index (χ0n) is 18.9. The fourth-order valence-corrected chi connectivity index (χ4v) is 4.18. The Morgan fingerprint density at radius 3 is 2.74 bits per heavy atom. The summed E-state index contributed by atoms with van der Waals surface area (Å²) in [4.78, 5) is 9.18. The van der Waals surface area contributed by atoms with E-state index in [0.717, 1.165) is 36.3 Å². The SMILES string of the molecule is CC(C)n1cc(-c2cnc(Nc3cc(F)cc(Cl)c3)nc2Nc2ccc3c(c2)CNCC3)cn1. The summed E-state index contributed by atoms with van der Waals surface area (Å²) < 4.78 is 15.7. The first-order valence-electron chi connectivity index (χ1n) is 11.2. The van der Waals surface area contributed by atoms with Crippen LogP contribution in [0.2, 0.25) is 5.02 Å². The molecular formula is C25H25ClFN7. The van der Waals surface area contributed by atoms with Crippen molar-refractivity contribution in [3.63, 3.8) is 0 Å². The van der Waals surface area contributed by atoms with Gasteiger partial charge in [-0.3, -0.25) is 4.68 Å². The van der Waals surface area contributed by atoms with E-state index in [9.17, 15) is 4.39 Å². The fraction of sp³-hybridized carbons (Fsp3) is 0.240. The van der Waals surface area contributed by atoms with Crippen LogP contribution in [-0.4, -0.2) is 26.3 Å². The molecule has 174 valence electrons. The zero-order valence-corrected chi connectivity index (χ0v) is 19.7. The lowest BCUT2D eigenvalue weighted by Crippen LogP contribution is -2.23. The van der Waals surface area contributed by atoms with E-state index in [1.165, 1.54) is 23.3 Å². The minimum Gasteiger partial charge on any atom is -0.340 e. The van der Waals surface area contributed by atoms with Crippen LogP contribution in [0.25, 0.3) is 11.1 Å². The maximum atomic E-state index is 13.8. The van der Waals surface area contributed by atoms with Crippen molar-refractivity contribution >= 4 is 34.7 Å². The molecule has 3 N–H and O–H groups in total. The molecule has 0 spiro atoms. The van der Waals surface area contributed by atoms with Crippen molar-refractivity contribution in [3.8, 4) is 11.1 Å². The molecule has 4 aromatic rings. The topological polar surface area (TPSA) is 79.7 Å². The van der Waals surface area contributed by atoms with Crippen LogP contribution < -0.4 is 16.0 Å². The second-order valence-electron chi connectivity index (χ2n) is 8.58. The fourth-order valence-electron chi connectivity index (χ4n) is 3.96. The quantitative estimate of drug-likeness (QED) is 0.323. The molecule has 34 heavy (non-hydrogen) atoms. The van der Waals surface area contributed by atoms with E-state index in [4.69, 9.17) is 16.6 Å². The van der Waals surface area contributed by atoms with Gasteiger partial charge in [-0.25, -0.2) is 9.37 Å². The number of halogens is 2. The second-order valence-corrected chi connectivity index (χ2v) is 9.01. The van der Waals surface area contributed by atoms with E-state index < -0.39 is 5.82 Å². The number of rotatable bonds is 6. The normalized spacial score (nSPS) is 13.1. The van der Waals surface area contributed by atoms with Gasteiger partial charge in [0.25, 0.3) is 0 Å². The number of nitrogens with one attached hydrogen (secondary N) is 3. The Balaban J connectivity index is 1.51. The van der Waals surface area contributed by atoms with E-state index in [1.807, 2.05) is 10.9 Å². The van der Waals surface area contributed by atoms with E-state index in [2.05, 4.69) is 58.1 Å². The first-order chi connectivity index (χ1) is 16.4. The lowest BCUT2D eigenvalue weighted by atomic mass is 10.0. The number of anilines is 4. The first-order valence-corrected chi connectivity index (χ1v) is 11.6. The largest absolute Gasteiger partial charge is 0.340 e. The number of benzene rings is 2. The summed E-state index contributed by atoms with van der Waals surface area (Å²) in [5.41, 5.74) is 5.74. The highest BCUT2D eigenvalue weighted by Crippen LogP contribution is 2.31. The highest BCUT2D eigenvalue weighted by molar-refractivity contribution is 6.30. The molecule has 1 aliphatic heterocycles. The van der Waals surface area contributed by atoms with Gasteiger partial charge >= 0.3 is 0 Å². The standard InChI is InChI=1S/C25H25ClFN7/c1-15(2)34-14-18(12-30-34)23-13-29-25(32-22-9-19(26)8-20(27)10-22)33-24(23)31-21-4-3-16-5-6-28-11-17(16)7-21/h3-4,7-10,12-15,28H,5-6,11H2,1-2H3,(H2,29,31,32,33). The van der Waals surface area contributed by atoms with Gasteiger partial charge in [-0.05, 0) is 68.3 Å². The summed E-state index contributed by atoms with van der Waals surface area (Å²) >= 11 is 6.00. The molecule has 0 amide bonds. The highest BCUT2D eigenvalue weighted by Gasteiger charge is 2.15. The van der Waals surface area contributed by atoms with Gasteiger partial charge in [0, 0.05) is 52.5 Å². The van der Waals surface area contributed by atoms with Crippen molar-refractivity contribution in [2.45, 2.75) is 32.9 Å². The monoisotopic (exact) mass is 477 g/mol. The number of hydrogen-bond acceptors (Lipinski definition) is 6. The van der Waals surface area contributed by atoms with Crippen LogP contribution in [0, 0.1) is 5.82 Å². The van der Waals surface area contributed by atoms with Crippen molar-refractivity contribution in [1.29, 1.82) is 0 Å². The minimum absolute atomic E-state index is 0.234. The van der Waals surface area contributed by atoms with E-state index in [1.54, 1.807) is 18.5 Å². The predicted octanol–water partition coefficient (Wildman–Crippen LogP) is 5.85. The molecule has 0 saturated carbocycles. The summed E-state index contributed by atoms with van der Waals surface area (Å²) in [5, 5.41) is 14.7. The molecule has 0 bridgehead atoms. The van der Waals surface area contributed by atoms with Gasteiger partial charge in [0.1, 0.15) is 11.6 Å². The Morgan fingerprint density at radius 1 is 1.06 bits per heavy atom. The molecule has 0 unspecified atom stereocenters. The van der Waals surface area contributed by atoms with Gasteiger partial charge in [0.05, 0.1) is 6.20 Å². The van der Waals surface area contributed by atoms with Crippen molar-refractivity contribution in [2.24, 2.45) is 0 Å². The summed E-state index contributed by atoms with van der Waals surface area (Å²) in [6.07, 6.45) is 6.54. The van der Waals surface area contributed by atoms with Gasteiger partial charge < -0.3 is 16.0 Å². The average Bonchev–Trinajstić information content (AvgIpc) is 3.29. The third kappa shape index (κ3) is 4.88. The average molecular weight is 478 g/mol. The van der Waals surface area contributed by atoms with Crippen LogP contribution in [0.15, 0.2) is 55.0 Å². The molecular weight excluding hydrogens is 453 g/mol. The lowest BCUT2D eigenvalue weighted by Gasteiger charge is -2.19. The molecule has 0 saturated heterocycles. The number of fused-ring (bicyclic) bond motifs is 1. The Kier molecular flexibility index (Phi) is 6.17. The Labute approximate surface area is 202 Å². The molecule has 2 aromatic carbocycles. The van der Waals surface area contributed by atoms with Gasteiger partial charge in [-0.15, -0.1) is 0 Å². The molecule has 0 atom stereocenters. The van der Waals surface area contributed by atoms with Crippen molar-refractivity contribution in [3.05, 3.63) is 77.0 Å². The molecule has 2 aromatic heterocycles. The van der Waals surface area contributed by atoms with Gasteiger partial charge in [-0.1, -0.05) is 17.7 Å². The molecule has 0 radical (unpaired) electrons. The smallest absolute Gasteiger partial charge is 0.229 e. The van der Waals surface area contributed by atoms with Gasteiger partial charge in [0.15, 0.2) is 0 Å². The predicted molar refractivity (Wildman–Crippen MR) is 133 cm³/mol. The lowest BCUT2D eigenvalue weighted by molar-refractivity contribution is 0.532. The molecule has 0 aliphatic carbocycles. The maximum absolute atomic E-state index is 13.8. The third-order valence-corrected chi connectivity index (χ3v) is 5.92. The maximum Gasteiger partial charge on any atom is 0.229 e. The molecule has 5 rings (SSSR count). The van der Waals surface area contributed by atoms with Crippen LogP contribution in [0.3, 0.4) is 0 Å². The van der Waals surface area contributed by atoms with E-state index in [0.29, 0.717) is 22.5 Å². The van der Waals surface area contributed by atoms with E-state index in [-0.39, 0.29) is 6.04 Å². The van der Waals surface area contributed by atoms with Crippen molar-refractivity contribution < 1.29 is 4.39 Å². The molecule has 3 heterocycles. The Bertz CT molecular complexity index is 1310. The summed E-state index contributed by atoms with van der Waals surface area (Å²) in [6.45, 7) is 5.99. The van der Waals surface area contributed by atoms with E-state index >= 15 is 0 Å².